The quantitative estimate of drug-likeness (QED) is 0.594. The summed E-state index contributed by atoms with van der Waals surface area (Å²) in [6.45, 7) is 12.8. The first kappa shape index (κ1) is 22.7. The van der Waals surface area contributed by atoms with Gasteiger partial charge < -0.3 is 14.8 Å². The van der Waals surface area contributed by atoms with Crippen LogP contribution in [-0.4, -0.2) is 49.3 Å². The number of carbonyl (C=O) groups excluding carboxylic acids is 1. The summed E-state index contributed by atoms with van der Waals surface area (Å²) in [5.74, 6) is 1.54. The molecular weight excluding hydrogens is 352 g/mol. The van der Waals surface area contributed by atoms with E-state index in [1.54, 1.807) is 0 Å². The number of amides is 1. The molecule has 5 nitrogen and oxygen atoms in total. The van der Waals surface area contributed by atoms with Crippen molar-refractivity contribution in [2.24, 2.45) is 5.92 Å². The van der Waals surface area contributed by atoms with Crippen LogP contribution in [0, 0.1) is 5.92 Å². The van der Waals surface area contributed by atoms with Gasteiger partial charge >= 0.3 is 0 Å². The molecule has 2 atom stereocenters. The highest BCUT2D eigenvalue weighted by Gasteiger charge is 2.33. The first-order chi connectivity index (χ1) is 13.5. The Balaban J connectivity index is 1.81. The topological polar surface area (TPSA) is 50.8 Å². The van der Waals surface area contributed by atoms with Crippen molar-refractivity contribution in [3.05, 3.63) is 24.3 Å². The maximum Gasteiger partial charge on any atom is 0.256 e. The van der Waals surface area contributed by atoms with Gasteiger partial charge in [0.25, 0.3) is 5.91 Å². The van der Waals surface area contributed by atoms with Crippen LogP contribution in [0.15, 0.2) is 24.3 Å². The number of hydrogen-bond acceptors (Lipinski definition) is 4. The zero-order valence-corrected chi connectivity index (χ0v) is 18.1. The number of unbranched alkanes of at least 4 members (excludes halogenated alkanes) is 1. The number of benzene rings is 1. The van der Waals surface area contributed by atoms with Crippen molar-refractivity contribution in [1.29, 1.82) is 0 Å². The molecule has 0 aromatic heterocycles. The van der Waals surface area contributed by atoms with Crippen LogP contribution in [0.4, 0.5) is 5.69 Å². The molecule has 1 amide bonds. The van der Waals surface area contributed by atoms with E-state index in [4.69, 9.17) is 9.47 Å². The molecule has 1 fully saturated rings. The highest BCUT2D eigenvalue weighted by atomic mass is 16.5. The molecule has 1 heterocycles. The third-order valence-electron chi connectivity index (χ3n) is 5.48. The Bertz CT molecular complexity index is 590. The molecule has 1 saturated heterocycles. The second kappa shape index (κ2) is 11.4. The standard InChI is InChI=1S/C23H38N2O3/c1-5-7-14-23(4,28-6-2)22(26)24-20-10-12-21(13-11-20)27-17-16-25-15-8-9-19(3)18-25/h10-13,19H,5-9,14-18H2,1-4H3,(H,24,26)/t19-,23+/m0/s1. The van der Waals surface area contributed by atoms with Crippen LogP contribution in [0.3, 0.4) is 0 Å². The summed E-state index contributed by atoms with van der Waals surface area (Å²) in [5.41, 5.74) is -0.0180. The smallest absolute Gasteiger partial charge is 0.256 e. The van der Waals surface area contributed by atoms with E-state index in [1.807, 2.05) is 38.1 Å². The molecule has 1 N–H and O–H groups in total. The van der Waals surface area contributed by atoms with Gasteiger partial charge in [0.1, 0.15) is 18.0 Å². The minimum Gasteiger partial charge on any atom is -0.492 e. The number of nitrogens with one attached hydrogen (secondary N) is 1. The summed E-state index contributed by atoms with van der Waals surface area (Å²) in [5, 5.41) is 2.99. The Morgan fingerprint density at radius 2 is 2.04 bits per heavy atom. The van der Waals surface area contributed by atoms with Gasteiger partial charge in [0, 0.05) is 25.4 Å². The Kier molecular flexibility index (Phi) is 9.26. The van der Waals surface area contributed by atoms with Crippen molar-refractivity contribution in [3.8, 4) is 5.75 Å². The second-order valence-electron chi connectivity index (χ2n) is 8.14. The van der Waals surface area contributed by atoms with E-state index in [0.717, 1.165) is 43.2 Å². The molecule has 0 aliphatic carbocycles. The van der Waals surface area contributed by atoms with Gasteiger partial charge in [-0.2, -0.15) is 0 Å². The van der Waals surface area contributed by atoms with Gasteiger partial charge in [-0.05, 0) is 69.8 Å². The minimum atomic E-state index is -0.786. The lowest BCUT2D eigenvalue weighted by Crippen LogP contribution is -2.42. The molecule has 1 aromatic rings. The molecule has 158 valence electrons. The summed E-state index contributed by atoms with van der Waals surface area (Å²) in [6, 6.07) is 7.61. The molecule has 1 aliphatic rings. The van der Waals surface area contributed by atoms with Gasteiger partial charge in [-0.15, -0.1) is 0 Å². The molecule has 2 rings (SSSR count). The number of hydrogen-bond donors (Lipinski definition) is 1. The fourth-order valence-electron chi connectivity index (χ4n) is 3.76. The maximum absolute atomic E-state index is 12.7. The normalized spacial score (nSPS) is 19.8. The van der Waals surface area contributed by atoms with E-state index in [1.165, 1.54) is 25.9 Å². The average Bonchev–Trinajstić information content (AvgIpc) is 2.68. The van der Waals surface area contributed by atoms with Crippen LogP contribution in [0.25, 0.3) is 0 Å². The summed E-state index contributed by atoms with van der Waals surface area (Å²) in [4.78, 5) is 15.2. The number of piperidine rings is 1. The number of anilines is 1. The highest BCUT2D eigenvalue weighted by Crippen LogP contribution is 2.23. The summed E-state index contributed by atoms with van der Waals surface area (Å²) in [6.07, 6.45) is 5.35. The van der Waals surface area contributed by atoms with E-state index in [0.29, 0.717) is 13.2 Å². The van der Waals surface area contributed by atoms with Crippen LogP contribution in [0.2, 0.25) is 0 Å². The highest BCUT2D eigenvalue weighted by molar-refractivity contribution is 5.97. The van der Waals surface area contributed by atoms with Gasteiger partial charge in [-0.3, -0.25) is 9.69 Å². The summed E-state index contributed by atoms with van der Waals surface area (Å²) in [7, 11) is 0. The number of rotatable bonds is 11. The molecule has 0 radical (unpaired) electrons. The van der Waals surface area contributed by atoms with Crippen molar-refractivity contribution in [3.63, 3.8) is 0 Å². The lowest BCUT2D eigenvalue weighted by atomic mass is 9.97. The molecule has 5 heteroatoms. The van der Waals surface area contributed by atoms with E-state index in [9.17, 15) is 4.79 Å². The van der Waals surface area contributed by atoms with Crippen LogP contribution in [0.5, 0.6) is 5.75 Å². The van der Waals surface area contributed by atoms with Crippen molar-refractivity contribution >= 4 is 11.6 Å². The third-order valence-corrected chi connectivity index (χ3v) is 5.48. The molecule has 0 bridgehead atoms. The molecular formula is C23H38N2O3. The van der Waals surface area contributed by atoms with Gasteiger partial charge in [-0.1, -0.05) is 26.7 Å². The van der Waals surface area contributed by atoms with E-state index in [-0.39, 0.29) is 5.91 Å². The van der Waals surface area contributed by atoms with Crippen LogP contribution in [-0.2, 0) is 9.53 Å². The van der Waals surface area contributed by atoms with Crippen molar-refractivity contribution in [2.45, 2.75) is 65.4 Å². The summed E-state index contributed by atoms with van der Waals surface area (Å²) >= 11 is 0. The lowest BCUT2D eigenvalue weighted by Gasteiger charge is -2.30. The van der Waals surface area contributed by atoms with E-state index in [2.05, 4.69) is 24.1 Å². The number of likely N-dealkylation sites (tertiary alicyclic amines) is 1. The van der Waals surface area contributed by atoms with Gasteiger partial charge in [0.05, 0.1) is 0 Å². The minimum absolute atomic E-state index is 0.0873. The van der Waals surface area contributed by atoms with Crippen molar-refractivity contribution in [2.75, 3.05) is 38.2 Å². The third kappa shape index (κ3) is 7.10. The zero-order chi connectivity index (χ0) is 20.4. The Hall–Kier alpha value is -1.59. The predicted octanol–water partition coefficient (Wildman–Crippen LogP) is 4.72. The Labute approximate surface area is 170 Å². The predicted molar refractivity (Wildman–Crippen MR) is 115 cm³/mol. The average molecular weight is 391 g/mol. The Morgan fingerprint density at radius 3 is 2.68 bits per heavy atom. The monoisotopic (exact) mass is 390 g/mol. The van der Waals surface area contributed by atoms with E-state index >= 15 is 0 Å². The van der Waals surface area contributed by atoms with Crippen LogP contribution >= 0.6 is 0 Å². The van der Waals surface area contributed by atoms with Gasteiger partial charge in [0.2, 0.25) is 0 Å². The summed E-state index contributed by atoms with van der Waals surface area (Å²) < 4.78 is 11.6. The number of nitrogens with zero attached hydrogens (tertiary/aromatic N) is 1. The van der Waals surface area contributed by atoms with Crippen molar-refractivity contribution < 1.29 is 14.3 Å². The fourth-order valence-corrected chi connectivity index (χ4v) is 3.76. The molecule has 0 unspecified atom stereocenters. The SMILES string of the molecule is CCCC[C@@](C)(OCC)C(=O)Nc1ccc(OCCN2CCC[C@H](C)C2)cc1. The maximum atomic E-state index is 12.7. The Morgan fingerprint density at radius 1 is 1.29 bits per heavy atom. The first-order valence-corrected chi connectivity index (χ1v) is 10.9. The first-order valence-electron chi connectivity index (χ1n) is 10.9. The lowest BCUT2D eigenvalue weighted by molar-refractivity contribution is -0.139. The largest absolute Gasteiger partial charge is 0.492 e. The number of carbonyl (C=O) groups is 1. The fraction of sp³-hybridized carbons (Fsp3) is 0.696. The molecule has 1 aliphatic heterocycles. The molecule has 28 heavy (non-hydrogen) atoms. The molecule has 0 saturated carbocycles. The van der Waals surface area contributed by atoms with E-state index < -0.39 is 5.60 Å². The number of ether oxygens (including phenoxy) is 2. The van der Waals surface area contributed by atoms with Crippen LogP contribution < -0.4 is 10.1 Å². The van der Waals surface area contributed by atoms with Gasteiger partial charge in [-0.25, -0.2) is 0 Å². The zero-order valence-electron chi connectivity index (χ0n) is 18.1. The molecule has 1 aromatic carbocycles. The molecule has 0 spiro atoms. The van der Waals surface area contributed by atoms with Gasteiger partial charge in [0.15, 0.2) is 0 Å². The van der Waals surface area contributed by atoms with Crippen LogP contribution in [0.1, 0.15) is 59.8 Å². The second-order valence-corrected chi connectivity index (χ2v) is 8.14. The van der Waals surface area contributed by atoms with Crippen molar-refractivity contribution in [1.82, 2.24) is 4.90 Å².